The van der Waals surface area contributed by atoms with E-state index in [2.05, 4.69) is 52.6 Å². The van der Waals surface area contributed by atoms with Gasteiger partial charge < -0.3 is 5.32 Å². The molecular formula is C11H11Br2N3. The number of fused-ring (bicyclic) bond motifs is 1. The minimum atomic E-state index is 0.512. The van der Waals surface area contributed by atoms with Crippen LogP contribution < -0.4 is 5.32 Å². The maximum Gasteiger partial charge on any atom is 0.132 e. The topological polar surface area (TPSA) is 29.3 Å². The lowest BCUT2D eigenvalue weighted by molar-refractivity contribution is 0.694. The van der Waals surface area contributed by atoms with Gasteiger partial charge in [0.05, 0.1) is 10.1 Å². The van der Waals surface area contributed by atoms with Crippen molar-refractivity contribution in [2.75, 3.05) is 13.1 Å². The molecule has 3 rings (SSSR count). The van der Waals surface area contributed by atoms with Gasteiger partial charge in [0, 0.05) is 12.5 Å². The summed E-state index contributed by atoms with van der Waals surface area (Å²) in [4.78, 5) is 4.64. The molecule has 0 saturated carbocycles. The summed E-state index contributed by atoms with van der Waals surface area (Å²) in [6, 6.07) is 6.16. The lowest BCUT2D eigenvalue weighted by Crippen LogP contribution is -2.10. The van der Waals surface area contributed by atoms with Crippen molar-refractivity contribution in [2.45, 2.75) is 12.3 Å². The Hall–Kier alpha value is -0.390. The first-order valence-electron chi connectivity index (χ1n) is 5.30. The van der Waals surface area contributed by atoms with Gasteiger partial charge in [-0.25, -0.2) is 4.98 Å². The standard InChI is InChI=1S/C11H11Br2N3/c12-9-3-1-2-8-10(13)15-11(16(8)9)7-4-5-14-6-7/h1-3,7,14H,4-6H2. The highest BCUT2D eigenvalue weighted by atomic mass is 79.9. The molecule has 1 aliphatic heterocycles. The number of imidazole rings is 1. The van der Waals surface area contributed by atoms with Crippen LogP contribution in [-0.4, -0.2) is 22.5 Å². The number of nitrogens with zero attached hydrogens (tertiary/aromatic N) is 2. The molecule has 16 heavy (non-hydrogen) atoms. The Morgan fingerprint density at radius 1 is 1.38 bits per heavy atom. The third-order valence-electron chi connectivity index (χ3n) is 3.02. The first-order valence-corrected chi connectivity index (χ1v) is 6.89. The minimum Gasteiger partial charge on any atom is -0.316 e. The fraction of sp³-hybridized carbons (Fsp3) is 0.364. The predicted octanol–water partition coefficient (Wildman–Crippen LogP) is 2.94. The fourth-order valence-electron chi connectivity index (χ4n) is 2.23. The molecule has 3 heterocycles. The highest BCUT2D eigenvalue weighted by Crippen LogP contribution is 2.29. The Morgan fingerprint density at radius 3 is 3.00 bits per heavy atom. The van der Waals surface area contributed by atoms with Crippen molar-refractivity contribution in [1.29, 1.82) is 0 Å². The molecule has 0 aliphatic carbocycles. The molecule has 1 atom stereocenters. The summed E-state index contributed by atoms with van der Waals surface area (Å²) in [5.41, 5.74) is 1.12. The van der Waals surface area contributed by atoms with Crippen LogP contribution in [0.2, 0.25) is 0 Å². The van der Waals surface area contributed by atoms with Crippen molar-refractivity contribution in [2.24, 2.45) is 0 Å². The second-order valence-electron chi connectivity index (χ2n) is 4.02. The van der Waals surface area contributed by atoms with Gasteiger partial charge >= 0.3 is 0 Å². The van der Waals surface area contributed by atoms with Crippen molar-refractivity contribution in [1.82, 2.24) is 14.7 Å². The van der Waals surface area contributed by atoms with E-state index in [1.165, 1.54) is 0 Å². The maximum absolute atomic E-state index is 4.64. The van der Waals surface area contributed by atoms with E-state index in [0.29, 0.717) is 5.92 Å². The van der Waals surface area contributed by atoms with Crippen LogP contribution in [0.3, 0.4) is 0 Å². The van der Waals surface area contributed by atoms with Gasteiger partial charge in [0.2, 0.25) is 0 Å². The third-order valence-corrected chi connectivity index (χ3v) is 4.22. The van der Waals surface area contributed by atoms with Crippen LogP contribution in [0.25, 0.3) is 5.52 Å². The van der Waals surface area contributed by atoms with Crippen LogP contribution in [0.4, 0.5) is 0 Å². The first kappa shape index (κ1) is 10.7. The van der Waals surface area contributed by atoms with Crippen LogP contribution >= 0.6 is 31.9 Å². The van der Waals surface area contributed by atoms with Gasteiger partial charge in [-0.1, -0.05) is 6.07 Å². The molecule has 2 aromatic heterocycles. The van der Waals surface area contributed by atoms with E-state index >= 15 is 0 Å². The summed E-state index contributed by atoms with van der Waals surface area (Å²) in [5.74, 6) is 1.65. The van der Waals surface area contributed by atoms with E-state index in [-0.39, 0.29) is 0 Å². The van der Waals surface area contributed by atoms with Gasteiger partial charge in [-0.05, 0) is 57.0 Å². The van der Waals surface area contributed by atoms with Crippen molar-refractivity contribution in [3.8, 4) is 0 Å². The highest BCUT2D eigenvalue weighted by Gasteiger charge is 2.23. The number of hydrogen-bond donors (Lipinski definition) is 1. The first-order chi connectivity index (χ1) is 7.77. The molecule has 0 aromatic carbocycles. The lowest BCUT2D eigenvalue weighted by atomic mass is 10.1. The second kappa shape index (κ2) is 4.13. The van der Waals surface area contributed by atoms with Crippen molar-refractivity contribution in [3.05, 3.63) is 33.2 Å². The van der Waals surface area contributed by atoms with E-state index in [1.807, 2.05) is 12.1 Å². The Morgan fingerprint density at radius 2 is 2.25 bits per heavy atom. The molecule has 3 nitrogen and oxygen atoms in total. The molecule has 0 radical (unpaired) electrons. The zero-order valence-corrected chi connectivity index (χ0v) is 11.8. The summed E-state index contributed by atoms with van der Waals surface area (Å²) in [6.45, 7) is 2.11. The zero-order valence-electron chi connectivity index (χ0n) is 8.58. The largest absolute Gasteiger partial charge is 0.316 e. The number of halogens is 2. The molecular weight excluding hydrogens is 334 g/mol. The van der Waals surface area contributed by atoms with Crippen LogP contribution in [0.15, 0.2) is 27.4 Å². The summed E-state index contributed by atoms with van der Waals surface area (Å²) < 4.78 is 4.17. The van der Waals surface area contributed by atoms with Gasteiger partial charge in [-0.2, -0.15) is 0 Å². The molecule has 5 heteroatoms. The van der Waals surface area contributed by atoms with Crippen LogP contribution in [0.5, 0.6) is 0 Å². The van der Waals surface area contributed by atoms with Gasteiger partial charge in [0.25, 0.3) is 0 Å². The minimum absolute atomic E-state index is 0.512. The number of nitrogens with one attached hydrogen (secondary N) is 1. The summed E-state index contributed by atoms with van der Waals surface area (Å²) in [7, 11) is 0. The molecule has 1 aliphatic rings. The Labute approximate surface area is 111 Å². The van der Waals surface area contributed by atoms with Gasteiger partial charge in [0.1, 0.15) is 10.4 Å². The van der Waals surface area contributed by atoms with Crippen molar-refractivity contribution >= 4 is 37.4 Å². The van der Waals surface area contributed by atoms with Crippen LogP contribution in [-0.2, 0) is 0 Å². The molecule has 84 valence electrons. The van der Waals surface area contributed by atoms with Crippen molar-refractivity contribution < 1.29 is 0 Å². The van der Waals surface area contributed by atoms with E-state index in [0.717, 1.165) is 40.1 Å². The highest BCUT2D eigenvalue weighted by molar-refractivity contribution is 9.11. The monoisotopic (exact) mass is 343 g/mol. The number of pyridine rings is 1. The number of hydrogen-bond acceptors (Lipinski definition) is 2. The second-order valence-corrected chi connectivity index (χ2v) is 5.58. The van der Waals surface area contributed by atoms with Gasteiger partial charge in [-0.3, -0.25) is 4.40 Å². The van der Waals surface area contributed by atoms with Crippen LogP contribution in [0, 0.1) is 0 Å². The maximum atomic E-state index is 4.64. The molecule has 1 unspecified atom stereocenters. The Bertz CT molecular complexity index is 529. The Balaban J connectivity index is 2.24. The summed E-state index contributed by atoms with van der Waals surface area (Å²) >= 11 is 7.12. The smallest absolute Gasteiger partial charge is 0.132 e. The normalized spacial score (nSPS) is 20.8. The zero-order chi connectivity index (χ0) is 11.1. The van der Waals surface area contributed by atoms with E-state index in [1.54, 1.807) is 0 Å². The lowest BCUT2D eigenvalue weighted by Gasteiger charge is -2.08. The van der Waals surface area contributed by atoms with E-state index in [9.17, 15) is 0 Å². The van der Waals surface area contributed by atoms with Crippen molar-refractivity contribution in [3.63, 3.8) is 0 Å². The Kier molecular flexibility index (Phi) is 2.77. The average molecular weight is 345 g/mol. The molecule has 2 aromatic rings. The van der Waals surface area contributed by atoms with E-state index < -0.39 is 0 Å². The molecule has 1 N–H and O–H groups in total. The molecule has 1 fully saturated rings. The number of aromatic nitrogens is 2. The van der Waals surface area contributed by atoms with Gasteiger partial charge in [-0.15, -0.1) is 0 Å². The molecule has 0 amide bonds. The fourth-order valence-corrected chi connectivity index (χ4v) is 3.25. The molecule has 1 saturated heterocycles. The SMILES string of the molecule is Brc1nc(C2CCNC2)n2c(Br)cccc12. The van der Waals surface area contributed by atoms with Gasteiger partial charge in [0.15, 0.2) is 0 Å². The number of rotatable bonds is 1. The van der Waals surface area contributed by atoms with Crippen LogP contribution in [0.1, 0.15) is 18.2 Å². The molecule has 0 spiro atoms. The molecule has 0 bridgehead atoms. The predicted molar refractivity (Wildman–Crippen MR) is 70.8 cm³/mol. The third kappa shape index (κ3) is 1.61. The quantitative estimate of drug-likeness (QED) is 0.806. The average Bonchev–Trinajstić information content (AvgIpc) is 2.87. The van der Waals surface area contributed by atoms with E-state index in [4.69, 9.17) is 0 Å². The summed E-state index contributed by atoms with van der Waals surface area (Å²) in [5, 5.41) is 3.38. The summed E-state index contributed by atoms with van der Waals surface area (Å²) in [6.07, 6.45) is 1.16.